The Kier molecular flexibility index (Phi) is 5.67. The zero-order valence-corrected chi connectivity index (χ0v) is 20.9. The molecule has 3 fully saturated rings. The van der Waals surface area contributed by atoms with Gasteiger partial charge in [0.05, 0.1) is 29.3 Å². The second-order valence-electron chi connectivity index (χ2n) is 10.5. The number of nitrogens with two attached hydrogens (primary N) is 1. The Morgan fingerprint density at radius 2 is 2.09 bits per heavy atom. The number of anilines is 3. The second-order valence-corrected chi connectivity index (χ2v) is 10.8. The van der Waals surface area contributed by atoms with Crippen LogP contribution in [-0.4, -0.2) is 52.4 Å². The molecule has 0 amide bonds. The van der Waals surface area contributed by atoms with Crippen LogP contribution in [0.2, 0.25) is 5.02 Å². The zero-order chi connectivity index (χ0) is 24.3. The summed E-state index contributed by atoms with van der Waals surface area (Å²) >= 11 is 6.76. The zero-order valence-electron chi connectivity index (χ0n) is 20.2. The maximum Gasteiger partial charge on any atom is 0.262 e. The highest BCUT2D eigenvalue weighted by atomic mass is 35.5. The van der Waals surface area contributed by atoms with E-state index in [0.29, 0.717) is 40.8 Å². The lowest BCUT2D eigenvalue weighted by molar-refractivity contribution is 0.0973. The second kappa shape index (κ2) is 8.62. The summed E-state index contributed by atoms with van der Waals surface area (Å²) in [5, 5.41) is 3.96. The number of hydrogen-bond donors (Lipinski definition) is 4. The first-order valence-corrected chi connectivity index (χ1v) is 12.9. The summed E-state index contributed by atoms with van der Waals surface area (Å²) < 4.78 is 7.50. The van der Waals surface area contributed by atoms with Gasteiger partial charge >= 0.3 is 0 Å². The number of fused-ring (bicyclic) bond motifs is 1. The summed E-state index contributed by atoms with van der Waals surface area (Å²) in [4.78, 5) is 25.1. The molecule has 188 valence electrons. The number of pyridine rings is 1. The monoisotopic (exact) mass is 500 g/mol. The van der Waals surface area contributed by atoms with Gasteiger partial charge in [0, 0.05) is 43.8 Å². The first-order valence-electron chi connectivity index (χ1n) is 12.5. The van der Waals surface area contributed by atoms with Gasteiger partial charge in [0.1, 0.15) is 5.82 Å². The number of hydrazine groups is 1. The van der Waals surface area contributed by atoms with Crippen molar-refractivity contribution in [3.8, 4) is 0 Å². The predicted molar refractivity (Wildman–Crippen MR) is 136 cm³/mol. The molecule has 1 unspecified atom stereocenters. The molecule has 5 N–H and O–H groups in total. The number of nitrogens with one attached hydrogen (secondary N) is 3. The molecule has 6 rings (SSSR count). The number of ether oxygens (including phenoxy) is 1. The van der Waals surface area contributed by atoms with Gasteiger partial charge in [-0.05, 0) is 50.7 Å². The van der Waals surface area contributed by atoms with Crippen LogP contribution in [0.4, 0.5) is 17.6 Å². The lowest BCUT2D eigenvalue weighted by Gasteiger charge is -2.41. The summed E-state index contributed by atoms with van der Waals surface area (Å²) in [7, 11) is 1.79. The van der Waals surface area contributed by atoms with E-state index in [0.717, 1.165) is 44.3 Å². The average molecular weight is 501 g/mol. The molecule has 0 aromatic carbocycles. The predicted octanol–water partition coefficient (Wildman–Crippen LogP) is 2.15. The summed E-state index contributed by atoms with van der Waals surface area (Å²) in [5.41, 5.74) is 14.1. The van der Waals surface area contributed by atoms with Gasteiger partial charge in [-0.2, -0.15) is 4.98 Å². The Bertz CT molecular complexity index is 1190. The lowest BCUT2D eigenvalue weighted by atomic mass is 9.73. The molecule has 2 aromatic heterocycles. The molecule has 3 aliphatic heterocycles. The SMILES string of the molecule is C[C@@H]1OCC2(CCN(c3nc4c(c(=O)n3C)C(c3ccnc(NC5CCC5)c3Cl)NN4)CC2)[C@@H]1N. The maximum atomic E-state index is 13.6. The number of halogens is 1. The first-order chi connectivity index (χ1) is 16.9. The topological polar surface area (TPSA) is 122 Å². The molecule has 2 saturated heterocycles. The van der Waals surface area contributed by atoms with Gasteiger partial charge in [-0.15, -0.1) is 0 Å². The van der Waals surface area contributed by atoms with E-state index in [1.165, 1.54) is 6.42 Å². The molecule has 5 heterocycles. The fourth-order valence-electron chi connectivity index (χ4n) is 5.85. The summed E-state index contributed by atoms with van der Waals surface area (Å²) in [5.74, 6) is 1.87. The van der Waals surface area contributed by atoms with Crippen molar-refractivity contribution >= 4 is 29.2 Å². The molecule has 11 heteroatoms. The van der Waals surface area contributed by atoms with Crippen molar-refractivity contribution in [3.63, 3.8) is 0 Å². The Morgan fingerprint density at radius 3 is 2.74 bits per heavy atom. The molecule has 1 saturated carbocycles. The van der Waals surface area contributed by atoms with Gasteiger partial charge in [0.2, 0.25) is 5.95 Å². The van der Waals surface area contributed by atoms with E-state index in [1.54, 1.807) is 17.8 Å². The van der Waals surface area contributed by atoms with Crippen molar-refractivity contribution in [1.29, 1.82) is 0 Å². The molecule has 1 spiro atoms. The minimum Gasteiger partial charge on any atom is -0.376 e. The summed E-state index contributed by atoms with van der Waals surface area (Å²) in [6, 6.07) is 1.89. The van der Waals surface area contributed by atoms with E-state index in [9.17, 15) is 4.79 Å². The Morgan fingerprint density at radius 1 is 1.31 bits per heavy atom. The summed E-state index contributed by atoms with van der Waals surface area (Å²) in [6.07, 6.45) is 7.12. The molecule has 35 heavy (non-hydrogen) atoms. The van der Waals surface area contributed by atoms with Gasteiger partial charge in [-0.3, -0.25) is 9.36 Å². The highest BCUT2D eigenvalue weighted by Gasteiger charge is 2.48. The van der Waals surface area contributed by atoms with E-state index in [2.05, 4.69) is 26.1 Å². The third-order valence-electron chi connectivity index (χ3n) is 8.49. The van der Waals surface area contributed by atoms with Crippen LogP contribution in [0.15, 0.2) is 17.1 Å². The Hall–Kier alpha value is -2.40. The van der Waals surface area contributed by atoms with Crippen molar-refractivity contribution < 1.29 is 4.74 Å². The molecule has 3 atom stereocenters. The molecule has 2 aromatic rings. The number of aromatic nitrogens is 3. The van der Waals surface area contributed by atoms with Crippen LogP contribution < -0.4 is 32.4 Å². The fourth-order valence-corrected chi connectivity index (χ4v) is 6.12. The number of rotatable bonds is 4. The van der Waals surface area contributed by atoms with E-state index >= 15 is 0 Å². The van der Waals surface area contributed by atoms with Crippen LogP contribution in [-0.2, 0) is 11.8 Å². The Labute approximate surface area is 209 Å². The van der Waals surface area contributed by atoms with Gasteiger partial charge < -0.3 is 26.1 Å². The molecular weight excluding hydrogens is 468 g/mol. The quantitative estimate of drug-likeness (QED) is 0.500. The first kappa shape index (κ1) is 23.0. The lowest BCUT2D eigenvalue weighted by Crippen LogP contribution is -2.51. The van der Waals surface area contributed by atoms with Crippen molar-refractivity contribution in [3.05, 3.63) is 38.8 Å². The normalized spacial score (nSPS) is 27.5. The molecule has 10 nitrogen and oxygen atoms in total. The van der Waals surface area contributed by atoms with Gasteiger partial charge in [-0.25, -0.2) is 10.4 Å². The number of piperidine rings is 1. The van der Waals surface area contributed by atoms with Crippen LogP contribution in [0.3, 0.4) is 0 Å². The van der Waals surface area contributed by atoms with E-state index in [1.807, 2.05) is 13.0 Å². The van der Waals surface area contributed by atoms with Crippen LogP contribution in [0.1, 0.15) is 56.2 Å². The van der Waals surface area contributed by atoms with Crippen molar-refractivity contribution in [2.75, 3.05) is 35.3 Å². The largest absolute Gasteiger partial charge is 0.376 e. The highest BCUT2D eigenvalue weighted by molar-refractivity contribution is 6.33. The van der Waals surface area contributed by atoms with Crippen molar-refractivity contribution in [2.24, 2.45) is 18.2 Å². The molecular formula is C24H33ClN8O2. The fraction of sp³-hybridized carbons (Fsp3) is 0.625. The van der Waals surface area contributed by atoms with Crippen LogP contribution >= 0.6 is 11.6 Å². The van der Waals surface area contributed by atoms with Gasteiger partial charge in [0.25, 0.3) is 5.56 Å². The van der Waals surface area contributed by atoms with E-state index < -0.39 is 6.04 Å². The smallest absolute Gasteiger partial charge is 0.262 e. The third-order valence-corrected chi connectivity index (χ3v) is 8.89. The third kappa shape index (κ3) is 3.69. The maximum absolute atomic E-state index is 13.6. The number of nitrogens with zero attached hydrogens (tertiary/aromatic N) is 4. The minimum absolute atomic E-state index is 0.0136. The van der Waals surface area contributed by atoms with Gasteiger partial charge in [0.15, 0.2) is 5.82 Å². The summed E-state index contributed by atoms with van der Waals surface area (Å²) in [6.45, 7) is 4.32. The van der Waals surface area contributed by atoms with Gasteiger partial charge in [-0.1, -0.05) is 11.6 Å². The minimum atomic E-state index is -0.414. The van der Waals surface area contributed by atoms with Crippen molar-refractivity contribution in [1.82, 2.24) is 20.0 Å². The highest BCUT2D eigenvalue weighted by Crippen LogP contribution is 2.42. The van der Waals surface area contributed by atoms with Crippen LogP contribution in [0.5, 0.6) is 0 Å². The van der Waals surface area contributed by atoms with Crippen LogP contribution in [0, 0.1) is 5.41 Å². The molecule has 0 radical (unpaired) electrons. The molecule has 4 aliphatic rings. The van der Waals surface area contributed by atoms with Crippen molar-refractivity contribution in [2.45, 2.75) is 63.3 Å². The van der Waals surface area contributed by atoms with E-state index in [4.69, 9.17) is 27.1 Å². The molecule has 0 bridgehead atoms. The Balaban J connectivity index is 1.27. The van der Waals surface area contributed by atoms with E-state index in [-0.39, 0.29) is 23.1 Å². The standard InChI is InChI=1S/C24H33ClN8O2/c1-13-19(26)24(12-35-13)7-10-33(11-8-24)23-29-20-16(22(34)32(23)2)18(30-31-20)15-6-9-27-21(17(15)25)28-14-4-3-5-14/h6,9,13-14,18-19,30-31H,3-5,7-8,10-12,26H2,1-2H3,(H,27,28)/t13-,18?,19+/m0/s1. The molecule has 1 aliphatic carbocycles. The average Bonchev–Trinajstić information content (AvgIpc) is 3.37. The van der Waals surface area contributed by atoms with Crippen LogP contribution in [0.25, 0.3) is 0 Å². The number of hydrogen-bond acceptors (Lipinski definition) is 9.